The molecule has 144 valence electrons. The number of ether oxygens (including phenoxy) is 2. The molecule has 1 amide bonds. The number of hydrogen-bond acceptors (Lipinski definition) is 4. The number of carbonyl (C=O) groups is 1. The van der Waals surface area contributed by atoms with Crippen molar-refractivity contribution < 1.29 is 14.3 Å². The topological polar surface area (TPSA) is 59.9 Å². The van der Waals surface area contributed by atoms with Crippen molar-refractivity contribution in [2.45, 2.75) is 39.5 Å². The molecule has 0 bridgehead atoms. The summed E-state index contributed by atoms with van der Waals surface area (Å²) < 4.78 is 11.1. The summed E-state index contributed by atoms with van der Waals surface area (Å²) in [5.74, 6) is 1.21. The molecule has 2 rings (SSSR count). The van der Waals surface area contributed by atoms with E-state index in [0.717, 1.165) is 29.9 Å². The molecule has 0 heterocycles. The van der Waals surface area contributed by atoms with Gasteiger partial charge >= 0.3 is 0 Å². The van der Waals surface area contributed by atoms with E-state index in [-0.39, 0.29) is 12.5 Å². The fraction of sp³-hybridized carbons (Fsp3) is 0.364. The minimum Gasteiger partial charge on any atom is -0.494 e. The number of hydrazone groups is 1. The maximum Gasteiger partial charge on any atom is 0.277 e. The van der Waals surface area contributed by atoms with Gasteiger partial charge in [0.2, 0.25) is 0 Å². The Morgan fingerprint density at radius 1 is 1.04 bits per heavy atom. The molecular formula is C22H28N2O3. The first-order valence-corrected chi connectivity index (χ1v) is 9.41. The molecule has 0 saturated heterocycles. The standard InChI is InChI=1S/C22H28N2O3/c1-3-4-5-6-14-26-20-12-10-19(11-13-20)16-23-24-22(25)17-27-21-9-7-8-18(2)15-21/h7-13,15-16H,3-6,14,17H2,1-2H3,(H,24,25)/b23-16-. The second kappa shape index (κ2) is 11.7. The summed E-state index contributed by atoms with van der Waals surface area (Å²) >= 11 is 0. The van der Waals surface area contributed by atoms with Gasteiger partial charge in [0.1, 0.15) is 11.5 Å². The van der Waals surface area contributed by atoms with Crippen LogP contribution in [-0.4, -0.2) is 25.3 Å². The average molecular weight is 368 g/mol. The highest BCUT2D eigenvalue weighted by atomic mass is 16.5. The van der Waals surface area contributed by atoms with Crippen molar-refractivity contribution >= 4 is 12.1 Å². The van der Waals surface area contributed by atoms with Crippen LogP contribution in [-0.2, 0) is 4.79 Å². The summed E-state index contributed by atoms with van der Waals surface area (Å²) in [6.45, 7) is 4.83. The van der Waals surface area contributed by atoms with Gasteiger partial charge in [0.25, 0.3) is 5.91 Å². The van der Waals surface area contributed by atoms with E-state index in [1.807, 2.05) is 55.5 Å². The number of carbonyl (C=O) groups excluding carboxylic acids is 1. The van der Waals surface area contributed by atoms with Crippen molar-refractivity contribution in [3.8, 4) is 11.5 Å². The van der Waals surface area contributed by atoms with Crippen molar-refractivity contribution in [2.75, 3.05) is 13.2 Å². The number of benzene rings is 2. The second-order valence-corrected chi connectivity index (χ2v) is 6.38. The van der Waals surface area contributed by atoms with Crippen molar-refractivity contribution in [3.05, 3.63) is 59.7 Å². The van der Waals surface area contributed by atoms with Crippen LogP contribution >= 0.6 is 0 Å². The van der Waals surface area contributed by atoms with Gasteiger partial charge in [-0.2, -0.15) is 5.10 Å². The fourth-order valence-corrected chi connectivity index (χ4v) is 2.43. The largest absolute Gasteiger partial charge is 0.494 e. The highest BCUT2D eigenvalue weighted by molar-refractivity contribution is 5.83. The summed E-state index contributed by atoms with van der Waals surface area (Å²) in [4.78, 5) is 11.8. The van der Waals surface area contributed by atoms with Crippen LogP contribution in [0.25, 0.3) is 0 Å². The van der Waals surface area contributed by atoms with E-state index in [9.17, 15) is 4.79 Å². The highest BCUT2D eigenvalue weighted by Crippen LogP contribution is 2.13. The Hall–Kier alpha value is -2.82. The molecule has 2 aromatic carbocycles. The Bertz CT molecular complexity index is 727. The highest BCUT2D eigenvalue weighted by Gasteiger charge is 2.01. The Kier molecular flexibility index (Phi) is 8.90. The first-order chi connectivity index (χ1) is 13.2. The molecule has 5 nitrogen and oxygen atoms in total. The maximum atomic E-state index is 11.8. The average Bonchev–Trinajstić information content (AvgIpc) is 2.67. The SMILES string of the molecule is CCCCCCOc1ccc(/C=N\NC(=O)COc2cccc(C)c2)cc1. The van der Waals surface area contributed by atoms with Gasteiger partial charge < -0.3 is 9.47 Å². The molecule has 0 aliphatic carbocycles. The predicted octanol–water partition coefficient (Wildman–Crippen LogP) is 4.48. The summed E-state index contributed by atoms with van der Waals surface area (Å²) in [6.07, 6.45) is 6.35. The van der Waals surface area contributed by atoms with Gasteiger partial charge in [0.15, 0.2) is 6.61 Å². The second-order valence-electron chi connectivity index (χ2n) is 6.38. The van der Waals surface area contributed by atoms with E-state index in [2.05, 4.69) is 17.5 Å². The number of nitrogens with one attached hydrogen (secondary N) is 1. The van der Waals surface area contributed by atoms with Gasteiger partial charge in [0.05, 0.1) is 12.8 Å². The van der Waals surface area contributed by atoms with Crippen LogP contribution in [0.1, 0.15) is 43.7 Å². The zero-order valence-corrected chi connectivity index (χ0v) is 16.1. The van der Waals surface area contributed by atoms with Crippen LogP contribution in [0.4, 0.5) is 0 Å². The first kappa shape index (κ1) is 20.5. The third kappa shape index (κ3) is 8.40. The van der Waals surface area contributed by atoms with Crippen LogP contribution in [0.5, 0.6) is 11.5 Å². The molecule has 0 unspecified atom stereocenters. The lowest BCUT2D eigenvalue weighted by molar-refractivity contribution is -0.123. The Morgan fingerprint density at radius 2 is 1.85 bits per heavy atom. The van der Waals surface area contributed by atoms with Crippen molar-refractivity contribution in [2.24, 2.45) is 5.10 Å². The quantitative estimate of drug-likeness (QED) is 0.361. The summed E-state index contributed by atoms with van der Waals surface area (Å²) in [6, 6.07) is 15.2. The van der Waals surface area contributed by atoms with Crippen LogP contribution in [0.15, 0.2) is 53.6 Å². The summed E-state index contributed by atoms with van der Waals surface area (Å²) in [5.41, 5.74) is 4.42. The Labute approximate surface area is 161 Å². The molecule has 0 aliphatic rings. The van der Waals surface area contributed by atoms with Crippen LogP contribution in [0.2, 0.25) is 0 Å². The molecular weight excluding hydrogens is 340 g/mol. The van der Waals surface area contributed by atoms with E-state index in [4.69, 9.17) is 9.47 Å². The fourth-order valence-electron chi connectivity index (χ4n) is 2.43. The van der Waals surface area contributed by atoms with E-state index in [0.29, 0.717) is 5.75 Å². The van der Waals surface area contributed by atoms with E-state index in [1.165, 1.54) is 19.3 Å². The van der Waals surface area contributed by atoms with Crippen LogP contribution < -0.4 is 14.9 Å². The van der Waals surface area contributed by atoms with Crippen molar-refractivity contribution in [3.63, 3.8) is 0 Å². The maximum absolute atomic E-state index is 11.8. The number of nitrogens with zero attached hydrogens (tertiary/aromatic N) is 1. The minimum atomic E-state index is -0.306. The van der Waals surface area contributed by atoms with Gasteiger partial charge in [-0.15, -0.1) is 0 Å². The number of hydrogen-bond donors (Lipinski definition) is 1. The molecule has 0 fully saturated rings. The summed E-state index contributed by atoms with van der Waals surface area (Å²) in [5, 5.41) is 3.95. The van der Waals surface area contributed by atoms with Gasteiger partial charge in [-0.3, -0.25) is 4.79 Å². The van der Waals surface area contributed by atoms with Gasteiger partial charge in [-0.05, 0) is 60.9 Å². The molecule has 0 radical (unpaired) electrons. The van der Waals surface area contributed by atoms with Gasteiger partial charge in [-0.25, -0.2) is 5.43 Å². The normalized spacial score (nSPS) is 10.7. The molecule has 0 saturated carbocycles. The molecule has 0 spiro atoms. The lowest BCUT2D eigenvalue weighted by Crippen LogP contribution is -2.24. The van der Waals surface area contributed by atoms with E-state index in [1.54, 1.807) is 6.21 Å². The van der Waals surface area contributed by atoms with E-state index >= 15 is 0 Å². The zero-order chi connectivity index (χ0) is 19.3. The molecule has 1 N–H and O–H groups in total. The molecule has 5 heteroatoms. The van der Waals surface area contributed by atoms with Crippen LogP contribution in [0, 0.1) is 6.92 Å². The van der Waals surface area contributed by atoms with Crippen molar-refractivity contribution in [1.29, 1.82) is 0 Å². The Balaban J connectivity index is 1.68. The monoisotopic (exact) mass is 368 g/mol. The smallest absolute Gasteiger partial charge is 0.277 e. The lowest BCUT2D eigenvalue weighted by atomic mass is 10.2. The predicted molar refractivity (Wildman–Crippen MR) is 108 cm³/mol. The molecule has 27 heavy (non-hydrogen) atoms. The molecule has 0 aliphatic heterocycles. The number of unbranched alkanes of at least 4 members (excludes halogenated alkanes) is 3. The molecule has 0 aromatic heterocycles. The molecule has 2 aromatic rings. The van der Waals surface area contributed by atoms with E-state index < -0.39 is 0 Å². The minimum absolute atomic E-state index is 0.0778. The lowest BCUT2D eigenvalue weighted by Gasteiger charge is -2.06. The summed E-state index contributed by atoms with van der Waals surface area (Å²) in [7, 11) is 0. The number of amides is 1. The van der Waals surface area contributed by atoms with Crippen molar-refractivity contribution in [1.82, 2.24) is 5.43 Å². The van der Waals surface area contributed by atoms with Crippen LogP contribution in [0.3, 0.4) is 0 Å². The number of rotatable bonds is 11. The third-order valence-corrected chi connectivity index (χ3v) is 3.91. The molecule has 0 atom stereocenters. The Morgan fingerprint density at radius 3 is 2.59 bits per heavy atom. The van der Waals surface area contributed by atoms with Gasteiger partial charge in [-0.1, -0.05) is 38.3 Å². The zero-order valence-electron chi connectivity index (χ0n) is 16.1. The van der Waals surface area contributed by atoms with Gasteiger partial charge in [0, 0.05) is 0 Å². The number of aryl methyl sites for hydroxylation is 1. The first-order valence-electron chi connectivity index (χ1n) is 9.41. The third-order valence-electron chi connectivity index (χ3n) is 3.91.